The van der Waals surface area contributed by atoms with Crippen molar-refractivity contribution in [3.8, 4) is 0 Å². The largest absolute Gasteiger partial charge is 0.376 e. The molecule has 1 aliphatic heterocycles. The van der Waals surface area contributed by atoms with E-state index in [1.807, 2.05) is 0 Å². The average Bonchev–Trinajstić information content (AvgIpc) is 2.86. The number of hydrazine groups is 1. The third-order valence-electron chi connectivity index (χ3n) is 3.42. The highest BCUT2D eigenvalue weighted by atomic mass is 32.1. The van der Waals surface area contributed by atoms with Crippen molar-refractivity contribution in [1.29, 1.82) is 0 Å². The van der Waals surface area contributed by atoms with Gasteiger partial charge in [0.2, 0.25) is 5.95 Å². The highest BCUT2D eigenvalue weighted by Gasteiger charge is 2.15. The summed E-state index contributed by atoms with van der Waals surface area (Å²) in [6.45, 7) is 3.69. The molecule has 3 heterocycles. The third kappa shape index (κ3) is 2.84. The van der Waals surface area contributed by atoms with Crippen LogP contribution in [0.25, 0.3) is 10.2 Å². The number of nitrogen functional groups attached to an aromatic ring is 1. The lowest BCUT2D eigenvalue weighted by Crippen LogP contribution is -2.27. The Morgan fingerprint density at radius 3 is 3.10 bits per heavy atom. The minimum atomic E-state index is 0.266. The maximum atomic E-state index is 5.73. The molecule has 1 saturated heterocycles. The summed E-state index contributed by atoms with van der Waals surface area (Å²) in [4.78, 5) is 10.9. The second kappa shape index (κ2) is 5.90. The van der Waals surface area contributed by atoms with Gasteiger partial charge in [-0.05, 0) is 32.3 Å². The van der Waals surface area contributed by atoms with Crippen molar-refractivity contribution in [2.75, 3.05) is 23.9 Å². The number of anilines is 2. The summed E-state index contributed by atoms with van der Waals surface area (Å²) >= 11 is 1.64. The molecule has 2 aromatic heterocycles. The van der Waals surface area contributed by atoms with E-state index < -0.39 is 0 Å². The highest BCUT2D eigenvalue weighted by Crippen LogP contribution is 2.29. The van der Waals surface area contributed by atoms with Crippen LogP contribution >= 0.6 is 11.3 Å². The van der Waals surface area contributed by atoms with Gasteiger partial charge in [0.1, 0.15) is 10.6 Å². The third-order valence-corrected chi connectivity index (χ3v) is 4.36. The van der Waals surface area contributed by atoms with E-state index in [2.05, 4.69) is 33.7 Å². The van der Waals surface area contributed by atoms with Gasteiger partial charge in [-0.1, -0.05) is 0 Å². The van der Waals surface area contributed by atoms with Crippen molar-refractivity contribution in [2.24, 2.45) is 5.84 Å². The van der Waals surface area contributed by atoms with Crippen LogP contribution in [-0.2, 0) is 4.74 Å². The molecule has 1 atom stereocenters. The van der Waals surface area contributed by atoms with Crippen LogP contribution in [0.15, 0.2) is 6.07 Å². The number of nitrogens with zero attached hydrogens (tertiary/aromatic N) is 2. The summed E-state index contributed by atoms with van der Waals surface area (Å²) in [5.74, 6) is 6.69. The van der Waals surface area contributed by atoms with Crippen LogP contribution in [0.2, 0.25) is 0 Å². The highest BCUT2D eigenvalue weighted by molar-refractivity contribution is 7.18. The van der Waals surface area contributed by atoms with Gasteiger partial charge in [-0.25, -0.2) is 10.8 Å². The molecule has 1 fully saturated rings. The molecule has 108 valence electrons. The number of nitrogens with two attached hydrogens (primary N) is 1. The molecule has 7 heteroatoms. The molecular formula is C13H19N5OS. The van der Waals surface area contributed by atoms with E-state index in [1.54, 1.807) is 11.3 Å². The second-order valence-corrected chi connectivity index (χ2v) is 6.22. The molecule has 0 saturated carbocycles. The normalized spacial score (nSPS) is 19.2. The summed E-state index contributed by atoms with van der Waals surface area (Å²) < 4.78 is 5.73. The Hall–Kier alpha value is -1.44. The zero-order chi connectivity index (χ0) is 13.9. The van der Waals surface area contributed by atoms with Crippen LogP contribution in [0.4, 0.5) is 11.8 Å². The van der Waals surface area contributed by atoms with Gasteiger partial charge < -0.3 is 10.1 Å². The number of fused-ring (bicyclic) bond motifs is 1. The number of thiophene rings is 1. The lowest BCUT2D eigenvalue weighted by molar-refractivity contribution is 0.0247. The summed E-state index contributed by atoms with van der Waals surface area (Å²) in [5.41, 5.74) is 2.52. The van der Waals surface area contributed by atoms with Crippen LogP contribution in [-0.4, -0.2) is 29.2 Å². The number of hydrogen-bond donors (Lipinski definition) is 3. The number of nitrogens with one attached hydrogen (secondary N) is 2. The standard InChI is InChI=1S/C13H19N5OS/c1-8-6-10-11(15-7-9-4-2-3-5-19-9)16-13(18-14)17-12(10)20-8/h6,9H,2-5,7,14H2,1H3,(H2,15,16,17,18). The van der Waals surface area contributed by atoms with Crippen molar-refractivity contribution in [3.63, 3.8) is 0 Å². The monoisotopic (exact) mass is 293 g/mol. The van der Waals surface area contributed by atoms with Crippen LogP contribution < -0.4 is 16.6 Å². The summed E-state index contributed by atoms with van der Waals surface area (Å²) in [6, 6.07) is 2.10. The molecule has 0 radical (unpaired) electrons. The maximum Gasteiger partial charge on any atom is 0.240 e. The van der Waals surface area contributed by atoms with Gasteiger partial charge >= 0.3 is 0 Å². The molecule has 1 aliphatic rings. The molecule has 2 aromatic rings. The fraction of sp³-hybridized carbons (Fsp3) is 0.538. The van der Waals surface area contributed by atoms with E-state index in [-0.39, 0.29) is 6.10 Å². The van der Waals surface area contributed by atoms with E-state index in [1.165, 1.54) is 17.7 Å². The molecule has 0 aromatic carbocycles. The van der Waals surface area contributed by atoms with Crippen LogP contribution in [0, 0.1) is 6.92 Å². The number of rotatable bonds is 4. The SMILES string of the molecule is Cc1cc2c(NCC3CCCCO3)nc(NN)nc2s1. The Balaban J connectivity index is 1.81. The van der Waals surface area contributed by atoms with Crippen molar-refractivity contribution in [1.82, 2.24) is 9.97 Å². The van der Waals surface area contributed by atoms with Gasteiger partial charge in [0.05, 0.1) is 11.5 Å². The zero-order valence-electron chi connectivity index (χ0n) is 11.5. The van der Waals surface area contributed by atoms with Gasteiger partial charge in [0.25, 0.3) is 0 Å². The minimum Gasteiger partial charge on any atom is -0.376 e. The van der Waals surface area contributed by atoms with Gasteiger partial charge in [-0.2, -0.15) is 4.98 Å². The quantitative estimate of drug-likeness (QED) is 0.592. The van der Waals surface area contributed by atoms with Crippen LogP contribution in [0.5, 0.6) is 0 Å². The van der Waals surface area contributed by atoms with Crippen molar-refractivity contribution >= 4 is 33.3 Å². The number of aryl methyl sites for hydroxylation is 1. The zero-order valence-corrected chi connectivity index (χ0v) is 12.3. The number of ether oxygens (including phenoxy) is 1. The van der Waals surface area contributed by atoms with E-state index in [0.717, 1.165) is 35.6 Å². The Labute approximate surface area is 121 Å². The first-order chi connectivity index (χ1) is 9.76. The Morgan fingerprint density at radius 1 is 1.45 bits per heavy atom. The Kier molecular flexibility index (Phi) is 4.00. The molecule has 20 heavy (non-hydrogen) atoms. The molecule has 0 amide bonds. The summed E-state index contributed by atoms with van der Waals surface area (Å²) in [7, 11) is 0. The smallest absolute Gasteiger partial charge is 0.240 e. The molecular weight excluding hydrogens is 274 g/mol. The second-order valence-electron chi connectivity index (χ2n) is 4.99. The van der Waals surface area contributed by atoms with Crippen LogP contribution in [0.3, 0.4) is 0 Å². The molecule has 6 nitrogen and oxygen atoms in total. The summed E-state index contributed by atoms with van der Waals surface area (Å²) in [5, 5.41) is 4.42. The predicted octanol–water partition coefficient (Wildman–Crippen LogP) is 2.27. The fourth-order valence-electron chi connectivity index (χ4n) is 2.42. The Bertz CT molecular complexity index is 594. The Morgan fingerprint density at radius 2 is 2.35 bits per heavy atom. The van der Waals surface area contributed by atoms with E-state index in [4.69, 9.17) is 10.6 Å². The molecule has 4 N–H and O–H groups in total. The van der Waals surface area contributed by atoms with Crippen molar-refractivity contribution in [3.05, 3.63) is 10.9 Å². The first-order valence-electron chi connectivity index (χ1n) is 6.86. The molecule has 0 bridgehead atoms. The van der Waals surface area contributed by atoms with E-state index in [9.17, 15) is 0 Å². The molecule has 3 rings (SSSR count). The first kappa shape index (κ1) is 13.5. The molecule has 0 aliphatic carbocycles. The fourth-order valence-corrected chi connectivity index (χ4v) is 3.30. The van der Waals surface area contributed by atoms with Gasteiger partial charge in [0, 0.05) is 18.0 Å². The number of hydrogen-bond acceptors (Lipinski definition) is 7. The maximum absolute atomic E-state index is 5.73. The van der Waals surface area contributed by atoms with E-state index >= 15 is 0 Å². The predicted molar refractivity (Wildman–Crippen MR) is 82.0 cm³/mol. The minimum absolute atomic E-state index is 0.266. The molecule has 1 unspecified atom stereocenters. The van der Waals surface area contributed by atoms with Crippen molar-refractivity contribution in [2.45, 2.75) is 32.3 Å². The van der Waals surface area contributed by atoms with Crippen LogP contribution in [0.1, 0.15) is 24.1 Å². The topological polar surface area (TPSA) is 85.1 Å². The first-order valence-corrected chi connectivity index (χ1v) is 7.68. The van der Waals surface area contributed by atoms with Gasteiger partial charge in [0.15, 0.2) is 0 Å². The molecule has 0 spiro atoms. The summed E-state index contributed by atoms with van der Waals surface area (Å²) in [6.07, 6.45) is 3.77. The van der Waals surface area contributed by atoms with Crippen molar-refractivity contribution < 1.29 is 4.74 Å². The van der Waals surface area contributed by atoms with Gasteiger partial charge in [-0.15, -0.1) is 11.3 Å². The van der Waals surface area contributed by atoms with E-state index in [0.29, 0.717) is 5.95 Å². The lowest BCUT2D eigenvalue weighted by atomic mass is 10.1. The lowest BCUT2D eigenvalue weighted by Gasteiger charge is -2.23. The van der Waals surface area contributed by atoms with Gasteiger partial charge in [-0.3, -0.25) is 5.43 Å². The average molecular weight is 293 g/mol. The number of aromatic nitrogens is 2.